The maximum Gasteiger partial charge on any atom is 0.328 e. The van der Waals surface area contributed by atoms with Gasteiger partial charge in [-0.3, -0.25) is 9.48 Å². The van der Waals surface area contributed by atoms with Crippen molar-refractivity contribution < 1.29 is 23.1 Å². The van der Waals surface area contributed by atoms with Crippen LogP contribution in [0.25, 0.3) is 1.43 Å². The molecule has 0 aromatic carbocycles. The second-order valence-corrected chi connectivity index (χ2v) is 8.92. The van der Waals surface area contributed by atoms with Crippen molar-refractivity contribution >= 4 is 21.7 Å². The Balaban J connectivity index is 2.20. The summed E-state index contributed by atoms with van der Waals surface area (Å²) in [6.07, 6.45) is 2.94. The molecule has 0 saturated carbocycles. The highest BCUT2D eigenvalue weighted by molar-refractivity contribution is 7.94. The Morgan fingerprint density at radius 3 is 2.74 bits per heavy atom. The highest BCUT2D eigenvalue weighted by atomic mass is 32.2. The SMILES string of the molecule is [2H]OC(=O)[C@@H]1N2C(=O)C(C)(C)[C@H]2S(=O)(=O)[C@@]1(CC)Cn1ccnn1. The number of carbonyl (C=O) groups excluding carboxylic acids is 1. The van der Waals surface area contributed by atoms with E-state index in [0.717, 1.165) is 4.90 Å². The first-order valence-corrected chi connectivity index (χ1v) is 8.77. The maximum atomic E-state index is 13.3. The van der Waals surface area contributed by atoms with E-state index in [4.69, 9.17) is 1.43 Å². The lowest BCUT2D eigenvalue weighted by Gasteiger charge is -2.48. The quantitative estimate of drug-likeness (QED) is 0.731. The van der Waals surface area contributed by atoms with Crippen molar-refractivity contribution in [1.29, 1.82) is 1.43 Å². The highest BCUT2D eigenvalue weighted by Crippen LogP contribution is 2.55. The van der Waals surface area contributed by atoms with Crippen LogP contribution >= 0.6 is 0 Å². The van der Waals surface area contributed by atoms with Gasteiger partial charge in [0.2, 0.25) is 5.91 Å². The molecule has 10 heteroatoms. The van der Waals surface area contributed by atoms with E-state index >= 15 is 0 Å². The zero-order valence-corrected chi connectivity index (χ0v) is 13.8. The molecule has 0 aliphatic carbocycles. The molecule has 2 aliphatic rings. The first-order valence-electron chi connectivity index (χ1n) is 7.63. The Morgan fingerprint density at radius 2 is 2.22 bits per heavy atom. The van der Waals surface area contributed by atoms with E-state index in [2.05, 4.69) is 15.4 Å². The van der Waals surface area contributed by atoms with Gasteiger partial charge in [0.05, 0.1) is 18.2 Å². The summed E-state index contributed by atoms with van der Waals surface area (Å²) in [6.45, 7) is 4.56. The van der Waals surface area contributed by atoms with Crippen LogP contribution in [0.15, 0.2) is 12.4 Å². The molecule has 0 spiro atoms. The third-order valence-electron chi connectivity index (χ3n) is 5.02. The number of sulfone groups is 1. The van der Waals surface area contributed by atoms with Crippen LogP contribution in [0.3, 0.4) is 0 Å². The van der Waals surface area contributed by atoms with Crippen LogP contribution in [0.2, 0.25) is 0 Å². The van der Waals surface area contributed by atoms with Gasteiger partial charge in [-0.1, -0.05) is 12.1 Å². The molecule has 23 heavy (non-hydrogen) atoms. The van der Waals surface area contributed by atoms with Gasteiger partial charge in [0.15, 0.2) is 15.9 Å². The van der Waals surface area contributed by atoms with E-state index in [-0.39, 0.29) is 13.0 Å². The summed E-state index contributed by atoms with van der Waals surface area (Å²) in [5, 5.41) is 10.4. The van der Waals surface area contributed by atoms with E-state index in [1.165, 1.54) is 17.1 Å². The zero-order chi connectivity index (χ0) is 17.9. The molecular formula is C13H18N4O5S. The standard InChI is InChI=1S/C13H18N4O5S/c1-4-13(7-16-6-5-14-15-16)8(9(18)19)17-10(20)12(2,3)11(17)23(13,21)22/h5-6,8,11H,4,7H2,1-3H3,(H,18,19)/t8-,11+,13-/m0/s1/i/hD. The van der Waals surface area contributed by atoms with Gasteiger partial charge in [-0.25, -0.2) is 13.2 Å². The summed E-state index contributed by atoms with van der Waals surface area (Å²) in [6, 6.07) is -1.38. The third-order valence-corrected chi connectivity index (χ3v) is 8.19. The number of hydrogen-bond acceptors (Lipinski definition) is 7. The Kier molecular flexibility index (Phi) is 2.88. The Labute approximate surface area is 134 Å². The van der Waals surface area contributed by atoms with Crippen LogP contribution in [0.1, 0.15) is 27.2 Å². The van der Waals surface area contributed by atoms with Crippen LogP contribution in [-0.2, 0) is 26.0 Å². The van der Waals surface area contributed by atoms with Crippen molar-refractivity contribution in [3.05, 3.63) is 12.4 Å². The van der Waals surface area contributed by atoms with E-state index in [9.17, 15) is 18.0 Å². The summed E-state index contributed by atoms with van der Waals surface area (Å²) in [5.74, 6) is -1.51. The Morgan fingerprint density at radius 1 is 1.52 bits per heavy atom. The fourth-order valence-electron chi connectivity index (χ4n) is 3.85. The van der Waals surface area contributed by atoms with Crippen LogP contribution in [0.4, 0.5) is 0 Å². The van der Waals surface area contributed by atoms with Crippen molar-refractivity contribution in [2.45, 2.75) is 49.9 Å². The second kappa shape index (κ2) is 4.53. The van der Waals surface area contributed by atoms with Gasteiger partial charge < -0.3 is 10.0 Å². The summed E-state index contributed by atoms with van der Waals surface area (Å²) >= 11 is 0. The largest absolute Gasteiger partial charge is 0.480 e. The molecule has 1 aromatic heterocycles. The normalized spacial score (nSPS) is 34.5. The number of nitrogens with zero attached hydrogens (tertiary/aromatic N) is 4. The van der Waals surface area contributed by atoms with Crippen molar-refractivity contribution in [3.8, 4) is 0 Å². The van der Waals surface area contributed by atoms with Gasteiger partial charge in [0, 0.05) is 6.20 Å². The van der Waals surface area contributed by atoms with Crippen molar-refractivity contribution in [2.75, 3.05) is 0 Å². The lowest BCUT2D eigenvalue weighted by Crippen LogP contribution is -2.68. The summed E-state index contributed by atoms with van der Waals surface area (Å²) < 4.78 is 33.2. The minimum Gasteiger partial charge on any atom is -0.480 e. The predicted molar refractivity (Wildman–Crippen MR) is 77.8 cm³/mol. The lowest BCUT2D eigenvalue weighted by molar-refractivity contribution is -0.171. The number of carbonyl (C=O) groups is 2. The maximum absolute atomic E-state index is 13.3. The van der Waals surface area contributed by atoms with Gasteiger partial charge >= 0.3 is 5.97 Å². The first-order chi connectivity index (χ1) is 11.1. The molecule has 3 heterocycles. The molecule has 3 rings (SSSR count). The molecular weight excluding hydrogens is 324 g/mol. The van der Waals surface area contributed by atoms with Gasteiger partial charge in [0.25, 0.3) is 1.43 Å². The Bertz CT molecular complexity index is 793. The fourth-order valence-corrected chi connectivity index (χ4v) is 6.92. The molecule has 0 bridgehead atoms. The molecule has 0 radical (unpaired) electrons. The smallest absolute Gasteiger partial charge is 0.328 e. The lowest BCUT2D eigenvalue weighted by atomic mass is 9.79. The minimum absolute atomic E-state index is 0.0608. The second-order valence-electron chi connectivity index (χ2n) is 6.57. The number of carboxylic acids is 1. The van der Waals surface area contributed by atoms with Crippen molar-refractivity contribution in [2.24, 2.45) is 5.41 Å². The minimum atomic E-state index is -3.93. The molecule has 2 fully saturated rings. The molecule has 1 N–H and O–H groups in total. The van der Waals surface area contributed by atoms with Gasteiger partial charge in [-0.2, -0.15) is 0 Å². The molecule has 2 aliphatic heterocycles. The highest BCUT2D eigenvalue weighted by Gasteiger charge is 2.77. The molecule has 9 nitrogen and oxygen atoms in total. The molecule has 1 aromatic rings. The predicted octanol–water partition coefficient (Wildman–Crippen LogP) is -0.497. The number of carboxylic acid groups (broad SMARTS) is 1. The summed E-state index contributed by atoms with van der Waals surface area (Å²) in [5.41, 5.74) is -1.13. The summed E-state index contributed by atoms with van der Waals surface area (Å²) in [7, 11) is -3.93. The Hall–Kier alpha value is -1.97. The van der Waals surface area contributed by atoms with Gasteiger partial charge in [-0.15, -0.1) is 5.10 Å². The monoisotopic (exact) mass is 343 g/mol. The first kappa shape index (κ1) is 14.6. The molecule has 0 unspecified atom stereocenters. The number of fused-ring (bicyclic) bond motifs is 1. The topological polar surface area (TPSA) is 122 Å². The van der Waals surface area contributed by atoms with E-state index < -0.39 is 43.3 Å². The number of hydrogen-bond donors (Lipinski definition) is 1. The molecule has 1 amide bonds. The van der Waals surface area contributed by atoms with Crippen molar-refractivity contribution in [1.82, 2.24) is 19.9 Å². The van der Waals surface area contributed by atoms with Crippen LogP contribution < -0.4 is 0 Å². The zero-order valence-electron chi connectivity index (χ0n) is 14.0. The average molecular weight is 343 g/mol. The van der Waals surface area contributed by atoms with E-state index in [1.54, 1.807) is 20.8 Å². The number of aliphatic carboxylic acids is 1. The number of β-lactam (4-membered cyclic amide) rings is 1. The molecule has 3 atom stereocenters. The van der Waals surface area contributed by atoms with Crippen LogP contribution in [-0.4, -0.2) is 61.5 Å². The third kappa shape index (κ3) is 1.69. The van der Waals surface area contributed by atoms with E-state index in [0.29, 0.717) is 0 Å². The number of aromatic nitrogens is 3. The molecule has 126 valence electrons. The fraction of sp³-hybridized carbons (Fsp3) is 0.692. The van der Waals surface area contributed by atoms with E-state index in [1.807, 2.05) is 0 Å². The van der Waals surface area contributed by atoms with Crippen molar-refractivity contribution in [3.63, 3.8) is 0 Å². The molecule has 2 saturated heterocycles. The number of rotatable bonds is 4. The van der Waals surface area contributed by atoms with Gasteiger partial charge in [-0.05, 0) is 20.3 Å². The van der Waals surface area contributed by atoms with Crippen LogP contribution in [0, 0.1) is 5.41 Å². The average Bonchev–Trinajstić information content (AvgIpc) is 3.09. The van der Waals surface area contributed by atoms with Crippen LogP contribution in [0.5, 0.6) is 0 Å². The number of amides is 1. The van der Waals surface area contributed by atoms with Gasteiger partial charge in [0.1, 0.15) is 10.1 Å². The summed E-state index contributed by atoms with van der Waals surface area (Å²) in [4.78, 5) is 25.7.